The molecule has 0 unspecified atom stereocenters. The molecular formula is C22H25N3O4S. The summed E-state index contributed by atoms with van der Waals surface area (Å²) in [5.41, 5.74) is 2.69. The van der Waals surface area contributed by atoms with E-state index < -0.39 is 10.0 Å². The molecule has 0 bridgehead atoms. The molecule has 8 heteroatoms. The number of hydrogen-bond acceptors (Lipinski definition) is 5. The predicted molar refractivity (Wildman–Crippen MR) is 116 cm³/mol. The number of rotatable bonds is 8. The SMILES string of the molecule is CCOc1ccc(-c2ccc(=O)n(CCNS(=O)(=O)c3cc(C)ccc3C)n2)cc1. The minimum absolute atomic E-state index is 0.0509. The van der Waals surface area contributed by atoms with Crippen molar-refractivity contribution >= 4 is 10.0 Å². The van der Waals surface area contributed by atoms with Crippen LogP contribution in [0.1, 0.15) is 18.1 Å². The van der Waals surface area contributed by atoms with Crippen LogP contribution in [-0.4, -0.2) is 31.3 Å². The third-order valence-corrected chi connectivity index (χ3v) is 6.18. The summed E-state index contributed by atoms with van der Waals surface area (Å²) in [5, 5.41) is 4.37. The molecule has 0 saturated heterocycles. The first kappa shape index (κ1) is 21.7. The van der Waals surface area contributed by atoms with E-state index >= 15 is 0 Å². The standard InChI is InChI=1S/C22H25N3O4S/c1-4-29-19-9-7-18(8-10-19)20-11-12-22(26)25(24-20)14-13-23-30(27,28)21-15-16(2)5-6-17(21)3/h5-12,15,23H,4,13-14H2,1-3H3. The summed E-state index contributed by atoms with van der Waals surface area (Å²) in [4.78, 5) is 12.4. The number of hydrogen-bond donors (Lipinski definition) is 1. The van der Waals surface area contributed by atoms with Gasteiger partial charge in [0.15, 0.2) is 0 Å². The van der Waals surface area contributed by atoms with Gasteiger partial charge in [-0.1, -0.05) is 12.1 Å². The van der Waals surface area contributed by atoms with Crippen molar-refractivity contribution in [1.82, 2.24) is 14.5 Å². The summed E-state index contributed by atoms with van der Waals surface area (Å²) in [6.07, 6.45) is 0. The summed E-state index contributed by atoms with van der Waals surface area (Å²) < 4.78 is 34.5. The van der Waals surface area contributed by atoms with Gasteiger partial charge in [0, 0.05) is 18.2 Å². The highest BCUT2D eigenvalue weighted by molar-refractivity contribution is 7.89. The molecule has 2 aromatic carbocycles. The lowest BCUT2D eigenvalue weighted by Crippen LogP contribution is -2.32. The molecule has 0 aliphatic heterocycles. The second-order valence-corrected chi connectivity index (χ2v) is 8.64. The Morgan fingerprint density at radius 2 is 1.77 bits per heavy atom. The highest BCUT2D eigenvalue weighted by Crippen LogP contribution is 2.20. The molecule has 1 N–H and O–H groups in total. The van der Waals surface area contributed by atoms with E-state index in [0.29, 0.717) is 17.9 Å². The molecular weight excluding hydrogens is 402 g/mol. The average Bonchev–Trinajstić information content (AvgIpc) is 2.72. The van der Waals surface area contributed by atoms with Crippen molar-refractivity contribution in [3.63, 3.8) is 0 Å². The van der Waals surface area contributed by atoms with Crippen LogP contribution in [0.25, 0.3) is 11.3 Å². The van der Waals surface area contributed by atoms with E-state index in [4.69, 9.17) is 4.74 Å². The lowest BCUT2D eigenvalue weighted by atomic mass is 10.1. The Labute approximate surface area is 176 Å². The van der Waals surface area contributed by atoms with Gasteiger partial charge in [0.05, 0.1) is 23.7 Å². The second-order valence-electron chi connectivity index (χ2n) is 6.90. The molecule has 158 valence electrons. The third kappa shape index (κ3) is 5.14. The fraction of sp³-hybridized carbons (Fsp3) is 0.273. The van der Waals surface area contributed by atoms with Crippen molar-refractivity contribution in [3.05, 3.63) is 76.1 Å². The van der Waals surface area contributed by atoms with E-state index in [1.807, 2.05) is 44.2 Å². The Balaban J connectivity index is 1.73. The van der Waals surface area contributed by atoms with Gasteiger partial charge in [-0.15, -0.1) is 0 Å². The smallest absolute Gasteiger partial charge is 0.266 e. The van der Waals surface area contributed by atoms with Crippen molar-refractivity contribution in [2.45, 2.75) is 32.2 Å². The van der Waals surface area contributed by atoms with Gasteiger partial charge in [0.1, 0.15) is 5.75 Å². The quantitative estimate of drug-likeness (QED) is 0.597. The maximum atomic E-state index is 12.6. The highest BCUT2D eigenvalue weighted by Gasteiger charge is 2.16. The number of aromatic nitrogens is 2. The van der Waals surface area contributed by atoms with Crippen molar-refractivity contribution in [1.29, 1.82) is 0 Å². The molecule has 0 spiro atoms. The van der Waals surface area contributed by atoms with E-state index in [2.05, 4.69) is 9.82 Å². The van der Waals surface area contributed by atoms with Gasteiger partial charge in [-0.3, -0.25) is 4.79 Å². The van der Waals surface area contributed by atoms with Crippen LogP contribution in [0.4, 0.5) is 0 Å². The first-order valence-electron chi connectivity index (χ1n) is 9.68. The lowest BCUT2D eigenvalue weighted by molar-refractivity contribution is 0.340. The molecule has 0 amide bonds. The highest BCUT2D eigenvalue weighted by atomic mass is 32.2. The van der Waals surface area contributed by atoms with Gasteiger partial charge in [0.2, 0.25) is 10.0 Å². The number of sulfonamides is 1. The van der Waals surface area contributed by atoms with Gasteiger partial charge in [-0.25, -0.2) is 17.8 Å². The normalized spacial score (nSPS) is 11.4. The van der Waals surface area contributed by atoms with Crippen LogP contribution >= 0.6 is 0 Å². The maximum absolute atomic E-state index is 12.6. The molecule has 0 aliphatic carbocycles. The first-order chi connectivity index (χ1) is 14.3. The van der Waals surface area contributed by atoms with Crippen LogP contribution < -0.4 is 15.0 Å². The maximum Gasteiger partial charge on any atom is 0.266 e. The Morgan fingerprint density at radius 3 is 2.47 bits per heavy atom. The zero-order chi connectivity index (χ0) is 21.7. The van der Waals surface area contributed by atoms with E-state index in [1.54, 1.807) is 25.1 Å². The fourth-order valence-electron chi connectivity index (χ4n) is 3.01. The van der Waals surface area contributed by atoms with Crippen LogP contribution in [0.15, 0.2) is 64.3 Å². The predicted octanol–water partition coefficient (Wildman–Crippen LogP) is 2.90. The molecule has 0 fully saturated rings. The van der Waals surface area contributed by atoms with Gasteiger partial charge in [0.25, 0.3) is 5.56 Å². The minimum atomic E-state index is -3.68. The van der Waals surface area contributed by atoms with Crippen molar-refractivity contribution in [2.75, 3.05) is 13.2 Å². The van der Waals surface area contributed by atoms with Crippen LogP contribution in [0, 0.1) is 13.8 Å². The number of aryl methyl sites for hydroxylation is 2. The Bertz CT molecular complexity index is 1190. The number of nitrogens with zero attached hydrogens (tertiary/aromatic N) is 2. The Morgan fingerprint density at radius 1 is 1.03 bits per heavy atom. The Kier molecular flexibility index (Phi) is 6.69. The van der Waals surface area contributed by atoms with Gasteiger partial charge >= 0.3 is 0 Å². The molecule has 1 heterocycles. The lowest BCUT2D eigenvalue weighted by Gasteiger charge is -2.11. The Hall–Kier alpha value is -2.97. The first-order valence-corrected chi connectivity index (χ1v) is 11.2. The average molecular weight is 428 g/mol. The number of ether oxygens (including phenoxy) is 1. The zero-order valence-corrected chi connectivity index (χ0v) is 18.1. The number of benzene rings is 2. The molecule has 7 nitrogen and oxygen atoms in total. The zero-order valence-electron chi connectivity index (χ0n) is 17.3. The summed E-state index contributed by atoms with van der Waals surface area (Å²) in [7, 11) is -3.68. The summed E-state index contributed by atoms with van der Waals surface area (Å²) in [5.74, 6) is 0.760. The monoisotopic (exact) mass is 427 g/mol. The van der Waals surface area contributed by atoms with Crippen LogP contribution in [0.2, 0.25) is 0 Å². The van der Waals surface area contributed by atoms with Crippen molar-refractivity contribution in [3.8, 4) is 17.0 Å². The van der Waals surface area contributed by atoms with E-state index in [-0.39, 0.29) is 23.5 Å². The summed E-state index contributed by atoms with van der Waals surface area (Å²) in [6, 6.07) is 15.8. The third-order valence-electron chi connectivity index (χ3n) is 4.58. The van der Waals surface area contributed by atoms with Crippen LogP contribution in [0.5, 0.6) is 5.75 Å². The molecule has 0 saturated carbocycles. The molecule has 3 aromatic rings. The van der Waals surface area contributed by atoms with Gasteiger partial charge in [-0.2, -0.15) is 5.10 Å². The second kappa shape index (κ2) is 9.23. The summed E-state index contributed by atoms with van der Waals surface area (Å²) in [6.45, 7) is 6.26. The molecule has 0 aliphatic rings. The van der Waals surface area contributed by atoms with Crippen molar-refractivity contribution < 1.29 is 13.2 Å². The number of nitrogens with one attached hydrogen (secondary N) is 1. The van der Waals surface area contributed by atoms with E-state index in [9.17, 15) is 13.2 Å². The molecule has 0 radical (unpaired) electrons. The van der Waals surface area contributed by atoms with E-state index in [0.717, 1.165) is 16.9 Å². The summed E-state index contributed by atoms with van der Waals surface area (Å²) >= 11 is 0. The van der Waals surface area contributed by atoms with Crippen molar-refractivity contribution in [2.24, 2.45) is 0 Å². The molecule has 1 aromatic heterocycles. The topological polar surface area (TPSA) is 90.3 Å². The molecule has 0 atom stereocenters. The molecule has 30 heavy (non-hydrogen) atoms. The van der Waals surface area contributed by atoms with Crippen LogP contribution in [0.3, 0.4) is 0 Å². The fourth-order valence-corrected chi connectivity index (χ4v) is 4.36. The van der Waals surface area contributed by atoms with Gasteiger partial charge in [-0.05, 0) is 68.3 Å². The van der Waals surface area contributed by atoms with Gasteiger partial charge < -0.3 is 4.74 Å². The van der Waals surface area contributed by atoms with E-state index in [1.165, 1.54) is 10.7 Å². The molecule has 3 rings (SSSR count). The van der Waals surface area contributed by atoms with Crippen LogP contribution in [-0.2, 0) is 16.6 Å². The minimum Gasteiger partial charge on any atom is -0.494 e. The largest absolute Gasteiger partial charge is 0.494 e.